The van der Waals surface area contributed by atoms with E-state index in [1.165, 1.54) is 13.4 Å². The van der Waals surface area contributed by atoms with Crippen molar-refractivity contribution in [3.63, 3.8) is 0 Å². The maximum absolute atomic E-state index is 4.57. The number of hydrogen-bond acceptors (Lipinski definition) is 7. The smallest absolute Gasteiger partial charge is 0.180 e. The lowest BCUT2D eigenvalue weighted by Crippen LogP contribution is -2.00. The predicted octanol–water partition coefficient (Wildman–Crippen LogP) is 1.39. The van der Waals surface area contributed by atoms with Gasteiger partial charge in [-0.15, -0.1) is 5.11 Å². The Labute approximate surface area is 103 Å². The molecular weight excluding hydrogens is 234 g/mol. The Hall–Kier alpha value is -2.48. The van der Waals surface area contributed by atoms with Crippen LogP contribution in [0.1, 0.15) is 5.69 Å². The Morgan fingerprint density at radius 2 is 1.94 bits per heavy atom. The van der Waals surface area contributed by atoms with Crippen LogP contribution in [0.15, 0.2) is 35.1 Å². The average Bonchev–Trinajstić information content (AvgIpc) is 2.42. The van der Waals surface area contributed by atoms with E-state index in [0.29, 0.717) is 22.9 Å². The molecule has 0 saturated carbocycles. The van der Waals surface area contributed by atoms with E-state index in [9.17, 15) is 0 Å². The van der Waals surface area contributed by atoms with Crippen LogP contribution in [-0.4, -0.2) is 27.0 Å². The first kappa shape index (κ1) is 12.0. The van der Waals surface area contributed by atoms with Gasteiger partial charge in [-0.3, -0.25) is 4.84 Å². The van der Waals surface area contributed by atoms with Gasteiger partial charge in [0.15, 0.2) is 5.82 Å². The van der Waals surface area contributed by atoms with Crippen molar-refractivity contribution in [2.75, 3.05) is 7.11 Å². The minimum Gasteiger partial charge on any atom is -0.261 e. The van der Waals surface area contributed by atoms with Gasteiger partial charge < -0.3 is 0 Å². The SMILES string of the molecule is CON/N=N\c1c(C)ncnc1-c1ncccn1. The molecule has 0 saturated heterocycles. The number of aryl methyl sites for hydroxylation is 1. The van der Waals surface area contributed by atoms with E-state index in [0.717, 1.165) is 0 Å². The first-order chi connectivity index (χ1) is 8.83. The van der Waals surface area contributed by atoms with Crippen LogP contribution >= 0.6 is 0 Å². The minimum atomic E-state index is 0.467. The van der Waals surface area contributed by atoms with Gasteiger partial charge in [-0.2, -0.15) is 5.59 Å². The van der Waals surface area contributed by atoms with Crippen LogP contribution in [-0.2, 0) is 4.84 Å². The molecule has 92 valence electrons. The lowest BCUT2D eigenvalue weighted by molar-refractivity contribution is 0.0885. The van der Waals surface area contributed by atoms with Gasteiger partial charge in [0.25, 0.3) is 0 Å². The maximum atomic E-state index is 4.57. The molecule has 0 amide bonds. The fourth-order valence-corrected chi connectivity index (χ4v) is 1.28. The van der Waals surface area contributed by atoms with Crippen LogP contribution in [0.5, 0.6) is 0 Å². The molecule has 18 heavy (non-hydrogen) atoms. The van der Waals surface area contributed by atoms with Crippen LogP contribution in [0.2, 0.25) is 0 Å². The largest absolute Gasteiger partial charge is 0.261 e. The van der Waals surface area contributed by atoms with Crippen molar-refractivity contribution in [3.8, 4) is 11.5 Å². The summed E-state index contributed by atoms with van der Waals surface area (Å²) < 4.78 is 0. The predicted molar refractivity (Wildman–Crippen MR) is 62.5 cm³/mol. The topological polar surface area (TPSA) is 97.5 Å². The van der Waals surface area contributed by atoms with Crippen LogP contribution in [0.3, 0.4) is 0 Å². The van der Waals surface area contributed by atoms with E-state index in [-0.39, 0.29) is 0 Å². The van der Waals surface area contributed by atoms with E-state index < -0.39 is 0 Å². The highest BCUT2D eigenvalue weighted by atomic mass is 16.7. The number of aromatic nitrogens is 4. The summed E-state index contributed by atoms with van der Waals surface area (Å²) in [6.45, 7) is 1.80. The molecule has 0 atom stereocenters. The van der Waals surface area contributed by atoms with Gasteiger partial charge in [0.05, 0.1) is 12.8 Å². The molecule has 8 heteroatoms. The fourth-order valence-electron chi connectivity index (χ4n) is 1.28. The van der Waals surface area contributed by atoms with Crippen LogP contribution < -0.4 is 5.59 Å². The minimum absolute atomic E-state index is 0.467. The molecule has 1 N–H and O–H groups in total. The first-order valence-corrected chi connectivity index (χ1v) is 5.10. The second-order valence-electron chi connectivity index (χ2n) is 3.22. The highest BCUT2D eigenvalue weighted by Crippen LogP contribution is 2.27. The molecule has 0 aliphatic carbocycles. The van der Waals surface area contributed by atoms with Crippen LogP contribution in [0.4, 0.5) is 5.69 Å². The van der Waals surface area contributed by atoms with Crippen LogP contribution in [0, 0.1) is 6.92 Å². The third-order valence-electron chi connectivity index (χ3n) is 2.06. The highest BCUT2D eigenvalue weighted by Gasteiger charge is 2.12. The maximum Gasteiger partial charge on any atom is 0.180 e. The Kier molecular flexibility index (Phi) is 3.82. The van der Waals surface area contributed by atoms with Gasteiger partial charge in [-0.1, -0.05) is 0 Å². The monoisotopic (exact) mass is 245 g/mol. The fraction of sp³-hybridized carbons (Fsp3) is 0.200. The summed E-state index contributed by atoms with van der Waals surface area (Å²) in [7, 11) is 1.44. The Balaban J connectivity index is 2.44. The lowest BCUT2D eigenvalue weighted by atomic mass is 10.2. The van der Waals surface area contributed by atoms with Gasteiger partial charge >= 0.3 is 0 Å². The summed E-state index contributed by atoms with van der Waals surface area (Å²) >= 11 is 0. The summed E-state index contributed by atoms with van der Waals surface area (Å²) in [5.74, 6) is 0.467. The molecule has 2 aromatic rings. The van der Waals surface area contributed by atoms with Crippen molar-refractivity contribution in [2.45, 2.75) is 6.92 Å². The molecule has 8 nitrogen and oxygen atoms in total. The molecule has 0 aliphatic rings. The van der Waals surface area contributed by atoms with Gasteiger partial charge in [0, 0.05) is 12.4 Å². The molecule has 0 radical (unpaired) electrons. The van der Waals surface area contributed by atoms with E-state index in [1.807, 2.05) is 0 Å². The molecule has 0 aromatic carbocycles. The number of rotatable bonds is 4. The van der Waals surface area contributed by atoms with E-state index in [1.54, 1.807) is 25.4 Å². The van der Waals surface area contributed by atoms with Crippen molar-refractivity contribution >= 4 is 5.69 Å². The van der Waals surface area contributed by atoms with Gasteiger partial charge in [0.1, 0.15) is 17.7 Å². The first-order valence-electron chi connectivity index (χ1n) is 5.10. The average molecular weight is 245 g/mol. The number of nitrogens with zero attached hydrogens (tertiary/aromatic N) is 6. The number of nitrogens with one attached hydrogen (secondary N) is 1. The quantitative estimate of drug-likeness (QED) is 0.645. The van der Waals surface area contributed by atoms with Gasteiger partial charge in [0.2, 0.25) is 0 Å². The molecule has 2 rings (SSSR count). The summed E-state index contributed by atoms with van der Waals surface area (Å²) in [4.78, 5) is 21.0. The normalized spacial score (nSPS) is 10.8. The molecule has 2 heterocycles. The number of hydrogen-bond donors (Lipinski definition) is 1. The van der Waals surface area contributed by atoms with E-state index >= 15 is 0 Å². The van der Waals surface area contributed by atoms with E-state index in [2.05, 4.69) is 40.7 Å². The Morgan fingerprint density at radius 3 is 2.67 bits per heavy atom. The Morgan fingerprint density at radius 1 is 1.17 bits per heavy atom. The molecule has 0 spiro atoms. The molecular formula is C10H11N7O. The van der Waals surface area contributed by atoms with Crippen molar-refractivity contribution in [1.82, 2.24) is 25.5 Å². The van der Waals surface area contributed by atoms with Gasteiger partial charge in [-0.25, -0.2) is 19.9 Å². The zero-order valence-corrected chi connectivity index (χ0v) is 9.90. The summed E-state index contributed by atoms with van der Waals surface area (Å²) in [5.41, 5.74) is 3.95. The van der Waals surface area contributed by atoms with Crippen molar-refractivity contribution in [3.05, 3.63) is 30.5 Å². The third-order valence-corrected chi connectivity index (χ3v) is 2.06. The zero-order chi connectivity index (χ0) is 12.8. The molecule has 0 fully saturated rings. The summed E-state index contributed by atoms with van der Waals surface area (Å²) in [6.07, 6.45) is 4.70. The second-order valence-corrected chi connectivity index (χ2v) is 3.22. The summed E-state index contributed by atoms with van der Waals surface area (Å²) in [6, 6.07) is 1.73. The van der Waals surface area contributed by atoms with Crippen molar-refractivity contribution < 1.29 is 4.84 Å². The Bertz CT molecular complexity index is 543. The lowest BCUT2D eigenvalue weighted by Gasteiger charge is -2.03. The standard InChI is InChI=1S/C10H11N7O/c1-7-8(15-16-17-18-2)9(14-6-13-7)10-11-4-3-5-12-10/h3-6H,1-2H3,(H,15,17). The van der Waals surface area contributed by atoms with Crippen LogP contribution in [0.25, 0.3) is 11.5 Å². The second kappa shape index (κ2) is 5.73. The van der Waals surface area contributed by atoms with Crippen molar-refractivity contribution in [1.29, 1.82) is 0 Å². The zero-order valence-electron chi connectivity index (χ0n) is 9.90. The molecule has 0 aliphatic heterocycles. The summed E-state index contributed by atoms with van der Waals surface area (Å²) in [5, 5.41) is 7.58. The highest BCUT2D eigenvalue weighted by molar-refractivity contribution is 5.67. The van der Waals surface area contributed by atoms with Gasteiger partial charge in [-0.05, 0) is 18.2 Å². The van der Waals surface area contributed by atoms with E-state index in [4.69, 9.17) is 0 Å². The van der Waals surface area contributed by atoms with Crippen molar-refractivity contribution in [2.24, 2.45) is 10.3 Å². The molecule has 2 aromatic heterocycles. The molecule has 0 bridgehead atoms. The molecule has 0 unspecified atom stereocenters. The third kappa shape index (κ3) is 2.61.